The molecule has 32 heavy (non-hydrogen) atoms. The Labute approximate surface area is 184 Å². The van der Waals surface area contributed by atoms with Gasteiger partial charge in [0.15, 0.2) is 22.7 Å². The van der Waals surface area contributed by atoms with E-state index in [1.54, 1.807) is 30.7 Å². The number of aryl methyl sites for hydroxylation is 1. The first-order chi connectivity index (χ1) is 15.4. The van der Waals surface area contributed by atoms with Crippen molar-refractivity contribution < 1.29 is 13.6 Å². The van der Waals surface area contributed by atoms with E-state index >= 15 is 0 Å². The highest BCUT2D eigenvalue weighted by Gasteiger charge is 2.21. The van der Waals surface area contributed by atoms with Gasteiger partial charge in [0.2, 0.25) is 0 Å². The summed E-state index contributed by atoms with van der Waals surface area (Å²) >= 11 is 1.35. The van der Waals surface area contributed by atoms with E-state index < -0.39 is 11.2 Å². The molecule has 0 fully saturated rings. The zero-order valence-corrected chi connectivity index (χ0v) is 18.0. The summed E-state index contributed by atoms with van der Waals surface area (Å²) in [6.07, 6.45) is 4.59. The van der Waals surface area contributed by atoms with Crippen molar-refractivity contribution in [3.8, 4) is 22.1 Å². The number of thiazole rings is 1. The topological polar surface area (TPSA) is 118 Å². The molecule has 11 heteroatoms. The Bertz CT molecular complexity index is 1500. The number of furan rings is 2. The highest BCUT2D eigenvalue weighted by Crippen LogP contribution is 2.37. The Morgan fingerprint density at radius 1 is 1.06 bits per heavy atom. The van der Waals surface area contributed by atoms with E-state index in [1.807, 2.05) is 6.07 Å². The van der Waals surface area contributed by atoms with Crippen LogP contribution in [0.3, 0.4) is 0 Å². The SMILES string of the molecule is Cn1c(=O)c2c(ncn2CC(=O)Cc2nc(-c3ccco3)c(-c3ccco3)s2)n(C)c1=O. The largest absolute Gasteiger partial charge is 0.463 e. The lowest BCUT2D eigenvalue weighted by molar-refractivity contribution is -0.118. The Morgan fingerprint density at radius 3 is 2.47 bits per heavy atom. The lowest BCUT2D eigenvalue weighted by atomic mass is 10.2. The van der Waals surface area contributed by atoms with Gasteiger partial charge >= 0.3 is 5.69 Å². The molecule has 0 aliphatic carbocycles. The third kappa shape index (κ3) is 3.23. The van der Waals surface area contributed by atoms with Gasteiger partial charge in [0, 0.05) is 14.1 Å². The molecule has 0 aromatic carbocycles. The molecule has 0 spiro atoms. The van der Waals surface area contributed by atoms with Crippen molar-refractivity contribution in [3.63, 3.8) is 0 Å². The van der Waals surface area contributed by atoms with Gasteiger partial charge in [0.25, 0.3) is 5.56 Å². The minimum Gasteiger partial charge on any atom is -0.463 e. The summed E-state index contributed by atoms with van der Waals surface area (Å²) in [6.45, 7) is -0.0737. The van der Waals surface area contributed by atoms with Crippen LogP contribution in [0, 0.1) is 0 Å². The zero-order chi connectivity index (χ0) is 22.4. The summed E-state index contributed by atoms with van der Waals surface area (Å²) in [4.78, 5) is 47.1. The molecule has 0 saturated carbocycles. The number of hydrogen-bond donors (Lipinski definition) is 0. The van der Waals surface area contributed by atoms with E-state index in [4.69, 9.17) is 8.83 Å². The van der Waals surface area contributed by atoms with Crippen LogP contribution in [0.2, 0.25) is 0 Å². The lowest BCUT2D eigenvalue weighted by Crippen LogP contribution is -2.37. The Morgan fingerprint density at radius 2 is 1.78 bits per heavy atom. The second-order valence-electron chi connectivity index (χ2n) is 7.21. The maximum Gasteiger partial charge on any atom is 0.332 e. The van der Waals surface area contributed by atoms with Crippen LogP contribution in [-0.4, -0.2) is 29.5 Å². The summed E-state index contributed by atoms with van der Waals surface area (Å²) in [6, 6.07) is 7.17. The van der Waals surface area contributed by atoms with E-state index in [0.29, 0.717) is 22.2 Å². The first-order valence-corrected chi connectivity index (χ1v) is 10.5. The normalized spacial score (nSPS) is 11.4. The van der Waals surface area contributed by atoms with Gasteiger partial charge in [-0.05, 0) is 24.3 Å². The molecular weight excluding hydrogens is 434 g/mol. The summed E-state index contributed by atoms with van der Waals surface area (Å²) in [7, 11) is 2.93. The van der Waals surface area contributed by atoms with Gasteiger partial charge in [-0.2, -0.15) is 0 Å². The summed E-state index contributed by atoms with van der Waals surface area (Å²) in [5, 5.41) is 0.595. The standard InChI is InChI=1S/C21H17N5O5S/c1-24-19-17(20(28)25(2)21(24)29)26(11-22-19)10-12(27)9-15-23-16(13-5-3-7-30-13)18(32-15)14-6-4-8-31-14/h3-8,11H,9-10H2,1-2H3. The molecule has 5 aromatic rings. The third-order valence-electron chi connectivity index (χ3n) is 5.08. The third-order valence-corrected chi connectivity index (χ3v) is 6.15. The molecule has 0 aliphatic rings. The molecule has 5 aromatic heterocycles. The average Bonchev–Trinajstić information content (AvgIpc) is 3.56. The van der Waals surface area contributed by atoms with E-state index in [9.17, 15) is 14.4 Å². The van der Waals surface area contributed by atoms with Crippen LogP contribution in [0.15, 0.2) is 61.5 Å². The van der Waals surface area contributed by atoms with Crippen molar-refractivity contribution in [2.75, 3.05) is 0 Å². The summed E-state index contributed by atoms with van der Waals surface area (Å²) < 4.78 is 14.8. The van der Waals surface area contributed by atoms with Crippen molar-refractivity contribution >= 4 is 28.3 Å². The monoisotopic (exact) mass is 451 g/mol. The minimum absolute atomic E-state index is 0.0604. The Balaban J connectivity index is 1.46. The smallest absolute Gasteiger partial charge is 0.332 e. The minimum atomic E-state index is -0.497. The molecule has 0 amide bonds. The predicted octanol–water partition coefficient (Wildman–Crippen LogP) is 2.22. The van der Waals surface area contributed by atoms with Crippen LogP contribution < -0.4 is 11.2 Å². The first-order valence-electron chi connectivity index (χ1n) is 9.64. The number of rotatable bonds is 6. The van der Waals surface area contributed by atoms with Crippen molar-refractivity contribution in [1.29, 1.82) is 0 Å². The maximum absolute atomic E-state index is 12.9. The number of carbonyl (C=O) groups is 1. The second kappa shape index (κ2) is 7.61. The fourth-order valence-electron chi connectivity index (χ4n) is 3.53. The number of fused-ring (bicyclic) bond motifs is 1. The predicted molar refractivity (Wildman–Crippen MR) is 116 cm³/mol. The molecule has 5 rings (SSSR count). The molecule has 0 bridgehead atoms. The molecular formula is C21H17N5O5S. The van der Waals surface area contributed by atoms with Gasteiger partial charge in [-0.1, -0.05) is 0 Å². The van der Waals surface area contributed by atoms with E-state index in [2.05, 4.69) is 9.97 Å². The molecule has 162 valence electrons. The maximum atomic E-state index is 12.9. The number of nitrogens with zero attached hydrogens (tertiary/aromatic N) is 5. The molecule has 0 atom stereocenters. The van der Waals surface area contributed by atoms with Gasteiger partial charge in [-0.3, -0.25) is 18.7 Å². The van der Waals surface area contributed by atoms with Crippen molar-refractivity contribution in [1.82, 2.24) is 23.7 Å². The van der Waals surface area contributed by atoms with Crippen LogP contribution in [-0.2, 0) is 31.9 Å². The molecule has 5 heterocycles. The van der Waals surface area contributed by atoms with Gasteiger partial charge in [0.1, 0.15) is 21.3 Å². The molecule has 0 saturated heterocycles. The highest BCUT2D eigenvalue weighted by molar-refractivity contribution is 7.15. The van der Waals surface area contributed by atoms with Gasteiger partial charge in [0.05, 0.1) is 31.8 Å². The summed E-state index contributed by atoms with van der Waals surface area (Å²) in [5.41, 5.74) is 0.0744. The first kappa shape index (κ1) is 19.9. The molecule has 10 nitrogen and oxygen atoms in total. The fraction of sp³-hybridized carbons (Fsp3) is 0.190. The number of imidazole rings is 1. The van der Waals surface area contributed by atoms with Gasteiger partial charge in [-0.25, -0.2) is 14.8 Å². The quantitative estimate of drug-likeness (QED) is 0.388. The van der Waals surface area contributed by atoms with Gasteiger partial charge < -0.3 is 13.4 Å². The van der Waals surface area contributed by atoms with Gasteiger partial charge in [-0.15, -0.1) is 11.3 Å². The zero-order valence-electron chi connectivity index (χ0n) is 17.1. The summed E-state index contributed by atoms with van der Waals surface area (Å²) in [5.74, 6) is 1.06. The Kier molecular flexibility index (Phi) is 4.74. The second-order valence-corrected chi connectivity index (χ2v) is 8.29. The lowest BCUT2D eigenvalue weighted by Gasteiger charge is -2.05. The highest BCUT2D eigenvalue weighted by atomic mass is 32.1. The number of Topliss-reactive ketones (excluding diaryl/α,β-unsaturated/α-hetero) is 1. The number of aromatic nitrogens is 5. The van der Waals surface area contributed by atoms with E-state index in [1.165, 1.54) is 40.9 Å². The molecule has 0 aliphatic heterocycles. The fourth-order valence-corrected chi connectivity index (χ4v) is 4.59. The molecule has 0 unspecified atom stereocenters. The Hall–Kier alpha value is -3.99. The van der Waals surface area contributed by atoms with Crippen LogP contribution in [0.4, 0.5) is 0 Å². The van der Waals surface area contributed by atoms with Crippen LogP contribution in [0.1, 0.15) is 5.01 Å². The number of hydrogen-bond acceptors (Lipinski definition) is 8. The van der Waals surface area contributed by atoms with Crippen LogP contribution in [0.25, 0.3) is 33.3 Å². The van der Waals surface area contributed by atoms with Crippen LogP contribution >= 0.6 is 11.3 Å². The molecule has 0 N–H and O–H groups in total. The number of ketones is 1. The molecule has 0 radical (unpaired) electrons. The number of carbonyl (C=O) groups excluding carboxylic acids is 1. The van der Waals surface area contributed by atoms with E-state index in [0.717, 1.165) is 9.44 Å². The van der Waals surface area contributed by atoms with E-state index in [-0.39, 0.29) is 29.9 Å². The van der Waals surface area contributed by atoms with Crippen molar-refractivity contribution in [3.05, 3.63) is 69.0 Å². The average molecular weight is 451 g/mol. The van der Waals surface area contributed by atoms with Crippen molar-refractivity contribution in [2.24, 2.45) is 14.1 Å². The van der Waals surface area contributed by atoms with Crippen molar-refractivity contribution in [2.45, 2.75) is 13.0 Å². The van der Waals surface area contributed by atoms with Crippen LogP contribution in [0.5, 0.6) is 0 Å².